The molecule has 3 N–H and O–H groups in total. The fourth-order valence-corrected chi connectivity index (χ4v) is 2.07. The summed E-state index contributed by atoms with van der Waals surface area (Å²) in [6, 6.07) is 11.9. The molecule has 0 amide bonds. The standard InChI is InChI=1S/C16H17N7/c1-2-12-3-5-13(6-4-12)22-15-14(19)16(21-11-20-15)23(9-7-17)10-8-18/h3-6,11H,2,9-10,19H2,1H3,(H,20,21,22). The first-order chi connectivity index (χ1) is 11.2. The Hall–Kier alpha value is -3.32. The topological polar surface area (TPSA) is 115 Å². The molecule has 23 heavy (non-hydrogen) atoms. The average molecular weight is 307 g/mol. The lowest BCUT2D eigenvalue weighted by Gasteiger charge is -2.20. The van der Waals surface area contributed by atoms with Gasteiger partial charge in [-0.15, -0.1) is 0 Å². The molecular weight excluding hydrogens is 290 g/mol. The largest absolute Gasteiger partial charge is 0.393 e. The number of nitrogens with one attached hydrogen (secondary N) is 1. The highest BCUT2D eigenvalue weighted by atomic mass is 15.2. The van der Waals surface area contributed by atoms with Crippen LogP contribution in [0.1, 0.15) is 12.5 Å². The summed E-state index contributed by atoms with van der Waals surface area (Å²) in [6.07, 6.45) is 2.33. The van der Waals surface area contributed by atoms with Crippen molar-refractivity contribution in [2.24, 2.45) is 0 Å². The van der Waals surface area contributed by atoms with E-state index in [-0.39, 0.29) is 13.1 Å². The fraction of sp³-hybridized carbons (Fsp3) is 0.250. The second-order valence-electron chi connectivity index (χ2n) is 4.81. The molecule has 7 nitrogen and oxygen atoms in total. The van der Waals surface area contributed by atoms with Gasteiger partial charge < -0.3 is 16.0 Å². The van der Waals surface area contributed by atoms with Crippen LogP contribution < -0.4 is 16.0 Å². The Morgan fingerprint density at radius 2 is 1.78 bits per heavy atom. The van der Waals surface area contributed by atoms with Crippen LogP contribution >= 0.6 is 0 Å². The SMILES string of the molecule is CCc1ccc(Nc2ncnc(N(CC#N)CC#N)c2N)cc1. The van der Waals surface area contributed by atoms with Crippen molar-refractivity contribution in [1.82, 2.24) is 9.97 Å². The van der Waals surface area contributed by atoms with Crippen LogP contribution in [0.25, 0.3) is 0 Å². The van der Waals surface area contributed by atoms with Crippen molar-refractivity contribution in [3.8, 4) is 12.1 Å². The van der Waals surface area contributed by atoms with Crippen LogP contribution in [0, 0.1) is 22.7 Å². The molecule has 2 rings (SSSR count). The monoisotopic (exact) mass is 307 g/mol. The summed E-state index contributed by atoms with van der Waals surface area (Å²) in [5.74, 6) is 0.816. The van der Waals surface area contributed by atoms with Crippen LogP contribution in [0.15, 0.2) is 30.6 Å². The smallest absolute Gasteiger partial charge is 0.159 e. The zero-order chi connectivity index (χ0) is 16.7. The fourth-order valence-electron chi connectivity index (χ4n) is 2.07. The minimum atomic E-state index is 0.0272. The van der Waals surface area contributed by atoms with Gasteiger partial charge in [-0.05, 0) is 24.1 Å². The first-order valence-electron chi connectivity index (χ1n) is 7.14. The second kappa shape index (κ2) is 7.62. The predicted molar refractivity (Wildman–Crippen MR) is 89.0 cm³/mol. The lowest BCUT2D eigenvalue weighted by molar-refractivity contribution is 0.930. The van der Waals surface area contributed by atoms with Gasteiger partial charge in [0.05, 0.1) is 12.1 Å². The van der Waals surface area contributed by atoms with Gasteiger partial charge in [-0.2, -0.15) is 10.5 Å². The Labute approximate surface area is 135 Å². The number of hydrogen-bond donors (Lipinski definition) is 2. The summed E-state index contributed by atoms with van der Waals surface area (Å²) >= 11 is 0. The van der Waals surface area contributed by atoms with Crippen LogP contribution in [0.5, 0.6) is 0 Å². The lowest BCUT2D eigenvalue weighted by atomic mass is 10.1. The lowest BCUT2D eigenvalue weighted by Crippen LogP contribution is -2.26. The molecule has 0 aliphatic rings. The highest BCUT2D eigenvalue weighted by molar-refractivity contribution is 5.78. The van der Waals surface area contributed by atoms with Crippen molar-refractivity contribution < 1.29 is 0 Å². The molecule has 0 atom stereocenters. The van der Waals surface area contributed by atoms with E-state index in [2.05, 4.69) is 22.2 Å². The summed E-state index contributed by atoms with van der Waals surface area (Å²) < 4.78 is 0. The number of nitrogens with two attached hydrogens (primary N) is 1. The molecule has 0 spiro atoms. The van der Waals surface area contributed by atoms with Crippen molar-refractivity contribution in [2.75, 3.05) is 29.0 Å². The van der Waals surface area contributed by atoms with E-state index in [1.165, 1.54) is 16.8 Å². The number of benzene rings is 1. The molecule has 1 aromatic carbocycles. The third-order valence-corrected chi connectivity index (χ3v) is 3.31. The summed E-state index contributed by atoms with van der Waals surface area (Å²) in [5, 5.41) is 20.9. The van der Waals surface area contributed by atoms with Gasteiger partial charge in [0.2, 0.25) is 0 Å². The molecule has 1 aromatic heterocycles. The Bertz CT molecular complexity index is 725. The van der Waals surface area contributed by atoms with Gasteiger partial charge in [0, 0.05) is 5.69 Å². The van der Waals surface area contributed by atoms with E-state index in [9.17, 15) is 0 Å². The third-order valence-electron chi connectivity index (χ3n) is 3.31. The minimum Gasteiger partial charge on any atom is -0.393 e. The number of rotatable bonds is 6. The maximum absolute atomic E-state index is 8.87. The molecule has 0 bridgehead atoms. The van der Waals surface area contributed by atoms with Gasteiger partial charge in [0.1, 0.15) is 25.1 Å². The van der Waals surface area contributed by atoms with Crippen LogP contribution in [0.2, 0.25) is 0 Å². The molecule has 0 saturated heterocycles. The maximum atomic E-state index is 8.87. The van der Waals surface area contributed by atoms with Crippen molar-refractivity contribution in [3.05, 3.63) is 36.2 Å². The Morgan fingerprint density at radius 1 is 1.13 bits per heavy atom. The summed E-state index contributed by atoms with van der Waals surface area (Å²) in [6.45, 7) is 2.15. The van der Waals surface area contributed by atoms with E-state index in [0.29, 0.717) is 17.3 Å². The van der Waals surface area contributed by atoms with E-state index in [1.807, 2.05) is 36.4 Å². The van der Waals surface area contributed by atoms with Crippen LogP contribution in [0.4, 0.5) is 23.0 Å². The Balaban J connectivity index is 2.28. The summed E-state index contributed by atoms with van der Waals surface area (Å²) in [7, 11) is 0. The summed E-state index contributed by atoms with van der Waals surface area (Å²) in [5.41, 5.74) is 8.49. The highest BCUT2D eigenvalue weighted by Gasteiger charge is 2.15. The molecule has 0 aliphatic heterocycles. The van der Waals surface area contributed by atoms with E-state index >= 15 is 0 Å². The number of hydrogen-bond acceptors (Lipinski definition) is 7. The quantitative estimate of drug-likeness (QED) is 0.786. The third kappa shape index (κ3) is 3.86. The first kappa shape index (κ1) is 16.1. The molecule has 0 radical (unpaired) electrons. The molecule has 116 valence electrons. The highest BCUT2D eigenvalue weighted by Crippen LogP contribution is 2.28. The Kier molecular flexibility index (Phi) is 5.32. The van der Waals surface area contributed by atoms with E-state index in [0.717, 1.165) is 12.1 Å². The van der Waals surface area contributed by atoms with Crippen molar-refractivity contribution >= 4 is 23.0 Å². The van der Waals surface area contributed by atoms with E-state index in [4.69, 9.17) is 16.3 Å². The van der Waals surface area contributed by atoms with Crippen LogP contribution in [-0.2, 0) is 6.42 Å². The number of nitrogen functional groups attached to an aromatic ring is 1. The zero-order valence-corrected chi connectivity index (χ0v) is 12.8. The minimum absolute atomic E-state index is 0.0272. The molecule has 0 fully saturated rings. The summed E-state index contributed by atoms with van der Waals surface area (Å²) in [4.78, 5) is 9.74. The molecule has 0 unspecified atom stereocenters. The number of aromatic nitrogens is 2. The van der Waals surface area contributed by atoms with E-state index in [1.54, 1.807) is 0 Å². The van der Waals surface area contributed by atoms with Gasteiger partial charge in [0.25, 0.3) is 0 Å². The maximum Gasteiger partial charge on any atom is 0.159 e. The first-order valence-corrected chi connectivity index (χ1v) is 7.14. The van der Waals surface area contributed by atoms with Crippen molar-refractivity contribution in [1.29, 1.82) is 10.5 Å². The average Bonchev–Trinajstić information content (AvgIpc) is 2.57. The molecule has 7 heteroatoms. The van der Waals surface area contributed by atoms with Crippen molar-refractivity contribution in [3.63, 3.8) is 0 Å². The normalized spacial score (nSPS) is 9.70. The molecular formula is C16H17N7. The zero-order valence-electron chi connectivity index (χ0n) is 12.8. The number of anilines is 4. The van der Waals surface area contributed by atoms with Gasteiger partial charge in [-0.3, -0.25) is 0 Å². The number of nitrogens with zero attached hydrogens (tertiary/aromatic N) is 5. The predicted octanol–water partition coefficient (Wildman–Crippen LogP) is 2.22. The van der Waals surface area contributed by atoms with Gasteiger partial charge in [-0.1, -0.05) is 19.1 Å². The van der Waals surface area contributed by atoms with Crippen molar-refractivity contribution in [2.45, 2.75) is 13.3 Å². The Morgan fingerprint density at radius 3 is 2.35 bits per heavy atom. The molecule has 2 aromatic rings. The number of aryl methyl sites for hydroxylation is 1. The molecule has 1 heterocycles. The van der Waals surface area contributed by atoms with E-state index < -0.39 is 0 Å². The second-order valence-corrected chi connectivity index (χ2v) is 4.81. The van der Waals surface area contributed by atoms with Gasteiger partial charge >= 0.3 is 0 Å². The molecule has 0 aliphatic carbocycles. The van der Waals surface area contributed by atoms with Crippen LogP contribution in [0.3, 0.4) is 0 Å². The van der Waals surface area contributed by atoms with Gasteiger partial charge in [0.15, 0.2) is 11.6 Å². The number of nitriles is 2. The molecule has 0 saturated carbocycles. The van der Waals surface area contributed by atoms with Crippen LogP contribution in [-0.4, -0.2) is 23.1 Å². The van der Waals surface area contributed by atoms with Gasteiger partial charge in [-0.25, -0.2) is 9.97 Å².